The Morgan fingerprint density at radius 3 is 2.68 bits per heavy atom. The maximum absolute atomic E-state index is 11.6. The first-order chi connectivity index (χ1) is 9.11. The zero-order valence-corrected chi connectivity index (χ0v) is 11.3. The summed E-state index contributed by atoms with van der Waals surface area (Å²) in [5, 5.41) is 3.50. The van der Waals surface area contributed by atoms with Crippen LogP contribution in [0.4, 0.5) is 0 Å². The van der Waals surface area contributed by atoms with Crippen molar-refractivity contribution < 1.29 is 4.79 Å². The Balaban J connectivity index is 2.37. The van der Waals surface area contributed by atoms with E-state index in [0.717, 1.165) is 11.4 Å². The maximum Gasteiger partial charge on any atom is 0.234 e. The predicted octanol–water partition coefficient (Wildman–Crippen LogP) is 1.24. The van der Waals surface area contributed by atoms with Crippen molar-refractivity contribution in [2.24, 2.45) is 12.8 Å². The Hall–Kier alpha value is -1.85. The summed E-state index contributed by atoms with van der Waals surface area (Å²) in [5.41, 5.74) is 6.26. The molecule has 2 aromatic rings. The monoisotopic (exact) mass is 278 g/mol. The van der Waals surface area contributed by atoms with Gasteiger partial charge in [-0.2, -0.15) is 0 Å². The third kappa shape index (κ3) is 3.13. The fourth-order valence-electron chi connectivity index (χ4n) is 1.83. The highest BCUT2D eigenvalue weighted by atomic mass is 35.5. The number of rotatable bonds is 4. The molecule has 1 aromatic heterocycles. The van der Waals surface area contributed by atoms with Gasteiger partial charge in [0.1, 0.15) is 11.9 Å². The van der Waals surface area contributed by atoms with Crippen molar-refractivity contribution in [1.29, 1.82) is 0 Å². The van der Waals surface area contributed by atoms with Gasteiger partial charge in [-0.3, -0.25) is 4.79 Å². The zero-order chi connectivity index (χ0) is 13.8. The number of nitrogens with zero attached hydrogens (tertiary/aromatic N) is 2. The minimum Gasteiger partial charge on any atom is -0.341 e. The highest BCUT2D eigenvalue weighted by Gasteiger charge is 2.19. The van der Waals surface area contributed by atoms with Gasteiger partial charge in [-0.25, -0.2) is 4.98 Å². The van der Waals surface area contributed by atoms with E-state index in [-0.39, 0.29) is 18.5 Å². The second-order valence-electron chi connectivity index (χ2n) is 4.15. The van der Waals surface area contributed by atoms with Gasteiger partial charge >= 0.3 is 0 Å². The van der Waals surface area contributed by atoms with Crippen LogP contribution in [0, 0.1) is 0 Å². The van der Waals surface area contributed by atoms with Crippen LogP contribution in [0.3, 0.4) is 0 Å². The largest absolute Gasteiger partial charge is 0.341 e. The van der Waals surface area contributed by atoms with Gasteiger partial charge in [0, 0.05) is 24.5 Å². The van der Waals surface area contributed by atoms with Crippen LogP contribution in [0.25, 0.3) is 0 Å². The number of nitrogens with one attached hydrogen (secondary N) is 1. The lowest BCUT2D eigenvalue weighted by Crippen LogP contribution is -2.35. The van der Waals surface area contributed by atoms with Gasteiger partial charge in [0.05, 0.1) is 6.54 Å². The first kappa shape index (κ1) is 13.6. The highest BCUT2D eigenvalue weighted by Crippen LogP contribution is 2.22. The quantitative estimate of drug-likeness (QED) is 0.884. The fourth-order valence-corrected chi connectivity index (χ4v) is 1.95. The standard InChI is InChI=1S/C13H15ClN4O/c1-18-7-6-16-13(18)12(17-11(19)8-15)9-2-4-10(14)5-3-9/h2-7,12H,8,15H2,1H3,(H,17,19). The lowest BCUT2D eigenvalue weighted by atomic mass is 10.1. The molecule has 0 spiro atoms. The van der Waals surface area contributed by atoms with Crippen LogP contribution in [0.1, 0.15) is 17.4 Å². The molecule has 6 heteroatoms. The van der Waals surface area contributed by atoms with Crippen LogP contribution >= 0.6 is 11.6 Å². The van der Waals surface area contributed by atoms with E-state index in [4.69, 9.17) is 17.3 Å². The van der Waals surface area contributed by atoms with E-state index < -0.39 is 0 Å². The fraction of sp³-hybridized carbons (Fsp3) is 0.231. The number of carbonyl (C=O) groups is 1. The molecule has 1 amide bonds. The predicted molar refractivity (Wildman–Crippen MR) is 73.7 cm³/mol. The van der Waals surface area contributed by atoms with E-state index in [1.165, 1.54) is 0 Å². The summed E-state index contributed by atoms with van der Waals surface area (Å²) in [6.45, 7) is -0.0610. The van der Waals surface area contributed by atoms with Crippen LogP contribution in [0.2, 0.25) is 5.02 Å². The minimum atomic E-state index is -0.340. The smallest absolute Gasteiger partial charge is 0.234 e. The highest BCUT2D eigenvalue weighted by molar-refractivity contribution is 6.30. The van der Waals surface area contributed by atoms with E-state index in [1.807, 2.05) is 29.9 Å². The molecule has 0 saturated carbocycles. The van der Waals surface area contributed by atoms with Gasteiger partial charge in [0.15, 0.2) is 0 Å². The number of hydrogen-bond acceptors (Lipinski definition) is 3. The molecule has 0 radical (unpaired) electrons. The minimum absolute atomic E-state index is 0.0610. The molecule has 3 N–H and O–H groups in total. The van der Waals surface area contributed by atoms with Gasteiger partial charge in [-0.05, 0) is 17.7 Å². The molecule has 0 aliphatic carbocycles. The first-order valence-electron chi connectivity index (χ1n) is 5.84. The number of aryl methyl sites for hydroxylation is 1. The molecule has 5 nitrogen and oxygen atoms in total. The number of hydrogen-bond donors (Lipinski definition) is 2. The number of benzene rings is 1. The van der Waals surface area contributed by atoms with Gasteiger partial charge in [0.25, 0.3) is 0 Å². The number of aromatic nitrogens is 2. The third-order valence-electron chi connectivity index (χ3n) is 2.81. The number of halogens is 1. The number of carbonyl (C=O) groups excluding carboxylic acids is 1. The van der Waals surface area contributed by atoms with Crippen molar-refractivity contribution in [1.82, 2.24) is 14.9 Å². The van der Waals surface area contributed by atoms with Crippen LogP contribution in [-0.2, 0) is 11.8 Å². The molecule has 0 bridgehead atoms. The van der Waals surface area contributed by atoms with Crippen molar-refractivity contribution in [3.63, 3.8) is 0 Å². The van der Waals surface area contributed by atoms with Crippen LogP contribution in [-0.4, -0.2) is 22.0 Å². The molecule has 0 saturated heterocycles. The van der Waals surface area contributed by atoms with Crippen molar-refractivity contribution >= 4 is 17.5 Å². The van der Waals surface area contributed by atoms with Gasteiger partial charge in [-0.15, -0.1) is 0 Å². The van der Waals surface area contributed by atoms with Crippen LogP contribution in [0.5, 0.6) is 0 Å². The molecular formula is C13H15ClN4O. The average Bonchev–Trinajstić information content (AvgIpc) is 2.83. The van der Waals surface area contributed by atoms with E-state index in [1.54, 1.807) is 18.3 Å². The first-order valence-corrected chi connectivity index (χ1v) is 6.21. The summed E-state index contributed by atoms with van der Waals surface area (Å²) in [5.74, 6) is 0.507. The molecule has 1 aromatic carbocycles. The van der Waals surface area contributed by atoms with Gasteiger partial charge in [0.2, 0.25) is 5.91 Å². The Kier molecular flexibility index (Phi) is 4.19. The summed E-state index contributed by atoms with van der Waals surface area (Å²) in [7, 11) is 1.87. The third-order valence-corrected chi connectivity index (χ3v) is 3.06. The van der Waals surface area contributed by atoms with Gasteiger partial charge < -0.3 is 15.6 Å². The Morgan fingerprint density at radius 1 is 1.47 bits per heavy atom. The second kappa shape index (κ2) is 5.86. The summed E-state index contributed by atoms with van der Waals surface area (Å²) >= 11 is 5.88. The summed E-state index contributed by atoms with van der Waals surface area (Å²) in [4.78, 5) is 15.8. The summed E-state index contributed by atoms with van der Waals surface area (Å²) in [6.07, 6.45) is 3.51. The molecule has 1 unspecified atom stereocenters. The maximum atomic E-state index is 11.6. The van der Waals surface area contributed by atoms with E-state index in [0.29, 0.717) is 5.02 Å². The number of imidazole rings is 1. The number of nitrogens with two attached hydrogens (primary N) is 1. The number of amides is 1. The average molecular weight is 279 g/mol. The van der Waals surface area contributed by atoms with E-state index in [2.05, 4.69) is 10.3 Å². The summed E-state index contributed by atoms with van der Waals surface area (Å²) < 4.78 is 1.86. The van der Waals surface area contributed by atoms with Crippen molar-refractivity contribution in [3.8, 4) is 0 Å². The topological polar surface area (TPSA) is 72.9 Å². The molecule has 0 fully saturated rings. The molecular weight excluding hydrogens is 264 g/mol. The molecule has 2 rings (SSSR count). The van der Waals surface area contributed by atoms with Crippen LogP contribution < -0.4 is 11.1 Å². The molecule has 19 heavy (non-hydrogen) atoms. The van der Waals surface area contributed by atoms with Gasteiger partial charge in [-0.1, -0.05) is 23.7 Å². The zero-order valence-electron chi connectivity index (χ0n) is 10.5. The molecule has 1 atom stereocenters. The van der Waals surface area contributed by atoms with Crippen LogP contribution in [0.15, 0.2) is 36.7 Å². The Morgan fingerprint density at radius 2 is 2.16 bits per heavy atom. The SMILES string of the molecule is Cn1ccnc1C(NC(=O)CN)c1ccc(Cl)cc1. The lowest BCUT2D eigenvalue weighted by molar-refractivity contribution is -0.120. The van der Waals surface area contributed by atoms with E-state index >= 15 is 0 Å². The van der Waals surface area contributed by atoms with E-state index in [9.17, 15) is 4.79 Å². The molecule has 1 heterocycles. The van der Waals surface area contributed by atoms with Crippen molar-refractivity contribution in [2.75, 3.05) is 6.54 Å². The molecule has 0 aliphatic rings. The van der Waals surface area contributed by atoms with Crippen molar-refractivity contribution in [2.45, 2.75) is 6.04 Å². The summed E-state index contributed by atoms with van der Waals surface area (Å²) in [6, 6.07) is 6.94. The Bertz CT molecular complexity index is 564. The normalized spacial score (nSPS) is 12.2. The Labute approximate surface area is 116 Å². The lowest BCUT2D eigenvalue weighted by Gasteiger charge is -2.18. The molecule has 0 aliphatic heterocycles. The van der Waals surface area contributed by atoms with Crippen molar-refractivity contribution in [3.05, 3.63) is 53.1 Å². The second-order valence-corrected chi connectivity index (χ2v) is 4.59. The molecule has 100 valence electrons.